The van der Waals surface area contributed by atoms with Gasteiger partial charge >= 0.3 is 0 Å². The van der Waals surface area contributed by atoms with Crippen molar-refractivity contribution in [2.45, 2.75) is 12.5 Å². The van der Waals surface area contributed by atoms with Gasteiger partial charge in [-0.1, -0.05) is 0 Å². The summed E-state index contributed by atoms with van der Waals surface area (Å²) in [6.45, 7) is 1.31. The van der Waals surface area contributed by atoms with Crippen molar-refractivity contribution in [3.63, 3.8) is 0 Å². The van der Waals surface area contributed by atoms with Crippen LogP contribution in [-0.4, -0.2) is 35.2 Å². The zero-order valence-electron chi connectivity index (χ0n) is 11.4. The number of anilines is 1. The number of carbonyl (C=O) groups is 1. The van der Waals surface area contributed by atoms with Gasteiger partial charge in [0.25, 0.3) is 5.91 Å². The number of nitrogens with zero attached hydrogens (tertiary/aromatic N) is 2. The molecule has 1 atom stereocenters. The topological polar surface area (TPSA) is 73.3 Å². The van der Waals surface area contributed by atoms with Gasteiger partial charge in [0, 0.05) is 24.9 Å². The minimum absolute atomic E-state index is 0.0487. The average Bonchev–Trinajstić information content (AvgIpc) is 3.02. The first-order valence-corrected chi connectivity index (χ1v) is 6.73. The highest BCUT2D eigenvalue weighted by molar-refractivity contribution is 6.03. The molecular formula is C15H15N3O3. The summed E-state index contributed by atoms with van der Waals surface area (Å²) >= 11 is 0. The second kappa shape index (κ2) is 6.32. The Morgan fingerprint density at radius 1 is 1.33 bits per heavy atom. The van der Waals surface area contributed by atoms with Gasteiger partial charge < -0.3 is 14.8 Å². The second-order valence-corrected chi connectivity index (χ2v) is 4.68. The quantitative estimate of drug-likeness (QED) is 0.928. The molecule has 0 spiro atoms. The van der Waals surface area contributed by atoms with E-state index in [9.17, 15) is 4.79 Å². The van der Waals surface area contributed by atoms with E-state index >= 15 is 0 Å². The van der Waals surface area contributed by atoms with Gasteiger partial charge in [-0.3, -0.25) is 9.78 Å². The highest BCUT2D eigenvalue weighted by Crippen LogP contribution is 2.15. The number of rotatable bonds is 4. The summed E-state index contributed by atoms with van der Waals surface area (Å²) in [5.74, 6) is 0.273. The molecule has 0 aromatic carbocycles. The molecule has 0 radical (unpaired) electrons. The summed E-state index contributed by atoms with van der Waals surface area (Å²) in [6.07, 6.45) is 5.65. The summed E-state index contributed by atoms with van der Waals surface area (Å²) in [6, 6.07) is 6.91. The Hall–Kier alpha value is -2.47. The summed E-state index contributed by atoms with van der Waals surface area (Å²) in [4.78, 5) is 20.1. The Morgan fingerprint density at radius 2 is 2.29 bits per heavy atom. The minimum atomic E-state index is -0.230. The molecule has 3 heterocycles. The lowest BCUT2D eigenvalue weighted by Crippen LogP contribution is -2.17. The van der Waals surface area contributed by atoms with E-state index in [1.54, 1.807) is 36.7 Å². The Morgan fingerprint density at radius 3 is 2.95 bits per heavy atom. The number of hydrogen-bond donors (Lipinski definition) is 1. The van der Waals surface area contributed by atoms with Crippen LogP contribution in [0, 0.1) is 0 Å². The maximum Gasteiger partial charge on any atom is 0.257 e. The Bertz CT molecular complexity index is 595. The first-order valence-electron chi connectivity index (χ1n) is 6.73. The molecule has 2 aromatic heterocycles. The first kappa shape index (κ1) is 13.5. The van der Waals surface area contributed by atoms with Crippen molar-refractivity contribution in [2.24, 2.45) is 0 Å². The number of hydrogen-bond acceptors (Lipinski definition) is 5. The molecule has 6 heteroatoms. The largest absolute Gasteiger partial charge is 0.472 e. The molecule has 0 aliphatic carbocycles. The molecule has 3 rings (SSSR count). The van der Waals surface area contributed by atoms with Crippen LogP contribution in [0.5, 0.6) is 5.88 Å². The van der Waals surface area contributed by atoms with E-state index in [0.29, 0.717) is 23.7 Å². The number of amides is 1. The number of ether oxygens (including phenoxy) is 2. The number of pyridine rings is 2. The average molecular weight is 285 g/mol. The lowest BCUT2D eigenvalue weighted by atomic mass is 10.2. The fraction of sp³-hybridized carbons (Fsp3) is 0.267. The number of aromatic nitrogens is 2. The standard InChI is InChI=1S/C15H15N3O3/c19-15(18-12-2-1-6-16-9-12)11-3-4-14(17-8-11)21-13-5-7-20-10-13/h1-4,6,8-9,13H,5,7,10H2,(H,18,19). The van der Waals surface area contributed by atoms with Gasteiger partial charge in [0.2, 0.25) is 5.88 Å². The maximum absolute atomic E-state index is 12.0. The van der Waals surface area contributed by atoms with Gasteiger partial charge in [-0.05, 0) is 18.2 Å². The van der Waals surface area contributed by atoms with Crippen LogP contribution in [0.15, 0.2) is 42.9 Å². The molecule has 1 aliphatic rings. The van der Waals surface area contributed by atoms with Crippen molar-refractivity contribution < 1.29 is 14.3 Å². The zero-order chi connectivity index (χ0) is 14.5. The predicted octanol–water partition coefficient (Wildman–Crippen LogP) is 1.90. The van der Waals surface area contributed by atoms with Crippen LogP contribution in [0.3, 0.4) is 0 Å². The Labute approximate surface area is 122 Å². The summed E-state index contributed by atoms with van der Waals surface area (Å²) in [7, 11) is 0. The second-order valence-electron chi connectivity index (χ2n) is 4.68. The lowest BCUT2D eigenvalue weighted by molar-refractivity contribution is 0.102. The molecule has 1 fully saturated rings. The van der Waals surface area contributed by atoms with Crippen molar-refractivity contribution >= 4 is 11.6 Å². The molecule has 1 unspecified atom stereocenters. The third kappa shape index (κ3) is 3.55. The van der Waals surface area contributed by atoms with Crippen LogP contribution >= 0.6 is 0 Å². The van der Waals surface area contributed by atoms with Gasteiger partial charge in [0.15, 0.2) is 0 Å². The lowest BCUT2D eigenvalue weighted by Gasteiger charge is -2.11. The predicted molar refractivity (Wildman–Crippen MR) is 76.3 cm³/mol. The van der Waals surface area contributed by atoms with Crippen LogP contribution in [0.4, 0.5) is 5.69 Å². The smallest absolute Gasteiger partial charge is 0.257 e. The van der Waals surface area contributed by atoms with Crippen molar-refractivity contribution in [1.29, 1.82) is 0 Å². The minimum Gasteiger partial charge on any atom is -0.472 e. The molecule has 108 valence electrons. The molecule has 1 aliphatic heterocycles. The van der Waals surface area contributed by atoms with Crippen molar-refractivity contribution in [3.05, 3.63) is 48.4 Å². The van der Waals surface area contributed by atoms with E-state index < -0.39 is 0 Å². The van der Waals surface area contributed by atoms with E-state index in [1.165, 1.54) is 6.20 Å². The van der Waals surface area contributed by atoms with Gasteiger partial charge in [0.05, 0.1) is 30.7 Å². The summed E-state index contributed by atoms with van der Waals surface area (Å²) in [5.41, 5.74) is 1.11. The fourth-order valence-corrected chi connectivity index (χ4v) is 2.00. The van der Waals surface area contributed by atoms with Gasteiger partial charge in [-0.15, -0.1) is 0 Å². The Kier molecular flexibility index (Phi) is 4.07. The van der Waals surface area contributed by atoms with E-state index in [0.717, 1.165) is 13.0 Å². The molecule has 0 saturated carbocycles. The molecule has 6 nitrogen and oxygen atoms in total. The molecule has 1 amide bonds. The maximum atomic E-state index is 12.0. The van der Waals surface area contributed by atoms with E-state index in [4.69, 9.17) is 9.47 Å². The molecule has 2 aromatic rings. The van der Waals surface area contributed by atoms with Crippen LogP contribution in [0.2, 0.25) is 0 Å². The monoisotopic (exact) mass is 285 g/mol. The number of nitrogens with one attached hydrogen (secondary N) is 1. The van der Waals surface area contributed by atoms with Gasteiger partial charge in [0.1, 0.15) is 6.10 Å². The third-order valence-corrected chi connectivity index (χ3v) is 3.09. The normalized spacial score (nSPS) is 17.4. The zero-order valence-corrected chi connectivity index (χ0v) is 11.4. The first-order chi connectivity index (χ1) is 10.3. The van der Waals surface area contributed by atoms with Gasteiger partial charge in [-0.2, -0.15) is 0 Å². The summed E-state index contributed by atoms with van der Waals surface area (Å²) in [5, 5.41) is 2.75. The fourth-order valence-electron chi connectivity index (χ4n) is 2.00. The number of carbonyl (C=O) groups excluding carboxylic acids is 1. The van der Waals surface area contributed by atoms with Crippen LogP contribution in [-0.2, 0) is 4.74 Å². The van der Waals surface area contributed by atoms with Crippen molar-refractivity contribution in [3.8, 4) is 5.88 Å². The van der Waals surface area contributed by atoms with E-state index in [-0.39, 0.29) is 12.0 Å². The molecule has 0 bridgehead atoms. The van der Waals surface area contributed by atoms with E-state index in [2.05, 4.69) is 15.3 Å². The molecule has 1 N–H and O–H groups in total. The van der Waals surface area contributed by atoms with Crippen LogP contribution in [0.1, 0.15) is 16.8 Å². The molecular weight excluding hydrogens is 270 g/mol. The third-order valence-electron chi connectivity index (χ3n) is 3.09. The molecule has 1 saturated heterocycles. The molecule has 21 heavy (non-hydrogen) atoms. The highest BCUT2D eigenvalue weighted by atomic mass is 16.5. The summed E-state index contributed by atoms with van der Waals surface area (Å²) < 4.78 is 10.9. The van der Waals surface area contributed by atoms with Crippen LogP contribution in [0.25, 0.3) is 0 Å². The van der Waals surface area contributed by atoms with Gasteiger partial charge in [-0.25, -0.2) is 4.98 Å². The SMILES string of the molecule is O=C(Nc1cccnc1)c1ccc(OC2CCOC2)nc1. The van der Waals surface area contributed by atoms with Crippen molar-refractivity contribution in [2.75, 3.05) is 18.5 Å². The highest BCUT2D eigenvalue weighted by Gasteiger charge is 2.17. The van der Waals surface area contributed by atoms with Crippen LogP contribution < -0.4 is 10.1 Å². The van der Waals surface area contributed by atoms with Crippen molar-refractivity contribution in [1.82, 2.24) is 9.97 Å². The Balaban J connectivity index is 1.62. The van der Waals surface area contributed by atoms with E-state index in [1.807, 2.05) is 0 Å².